The number of carbonyl (C=O) groups excluding carboxylic acids is 2. The summed E-state index contributed by atoms with van der Waals surface area (Å²) >= 11 is 0. The fourth-order valence-corrected chi connectivity index (χ4v) is 5.81. The molecule has 5 rings (SSSR count). The Kier molecular flexibility index (Phi) is 11.1. The molecule has 1 heterocycles. The molecule has 0 radical (unpaired) electrons. The third-order valence-electron chi connectivity index (χ3n) is 8.53. The minimum atomic E-state index is -0.411. The monoisotopic (exact) mass is 636 g/mol. The maximum absolute atomic E-state index is 13.6. The van der Waals surface area contributed by atoms with E-state index in [9.17, 15) is 14.7 Å². The Morgan fingerprint density at radius 2 is 1.64 bits per heavy atom. The van der Waals surface area contributed by atoms with Crippen LogP contribution in [-0.4, -0.2) is 72.8 Å². The number of likely N-dealkylation sites (N-methyl/N-ethyl adjacent to an activating group) is 1. The quantitative estimate of drug-likeness (QED) is 0.189. The van der Waals surface area contributed by atoms with Crippen LogP contribution in [0.25, 0.3) is 11.1 Å². The summed E-state index contributed by atoms with van der Waals surface area (Å²) in [5.41, 5.74) is 5.38. The molecule has 1 aliphatic heterocycles. The number of ether oxygens (including phenoxy) is 2. The van der Waals surface area contributed by atoms with Crippen molar-refractivity contribution in [2.24, 2.45) is 5.92 Å². The van der Waals surface area contributed by atoms with Crippen molar-refractivity contribution in [2.45, 2.75) is 39.0 Å². The van der Waals surface area contributed by atoms with E-state index in [0.29, 0.717) is 41.5 Å². The van der Waals surface area contributed by atoms with Gasteiger partial charge in [0.1, 0.15) is 17.6 Å². The highest BCUT2D eigenvalue weighted by Crippen LogP contribution is 2.30. The van der Waals surface area contributed by atoms with E-state index in [2.05, 4.69) is 65.9 Å². The number of aliphatic hydroxyl groups is 1. The van der Waals surface area contributed by atoms with Crippen molar-refractivity contribution >= 4 is 23.3 Å². The van der Waals surface area contributed by atoms with Crippen LogP contribution >= 0.6 is 0 Å². The Balaban J connectivity index is 1.32. The number of rotatable bonds is 10. The van der Waals surface area contributed by atoms with Crippen molar-refractivity contribution in [2.75, 3.05) is 44.5 Å². The largest absolute Gasteiger partial charge is 0.497 e. The van der Waals surface area contributed by atoms with Gasteiger partial charge in [-0.2, -0.15) is 0 Å². The third-order valence-corrected chi connectivity index (χ3v) is 8.53. The van der Waals surface area contributed by atoms with Crippen LogP contribution in [0.15, 0.2) is 97.1 Å². The number of fused-ring (bicyclic) bond motifs is 1. The normalized spacial score (nSPS) is 17.1. The first-order chi connectivity index (χ1) is 22.7. The second kappa shape index (κ2) is 15.6. The lowest BCUT2D eigenvalue weighted by atomic mass is 10.0. The van der Waals surface area contributed by atoms with Gasteiger partial charge in [0.2, 0.25) is 5.91 Å². The van der Waals surface area contributed by atoms with Gasteiger partial charge < -0.3 is 30.1 Å². The second-order valence-electron chi connectivity index (χ2n) is 12.3. The summed E-state index contributed by atoms with van der Waals surface area (Å²) in [6, 6.07) is 30.6. The van der Waals surface area contributed by atoms with Crippen molar-refractivity contribution in [3.8, 4) is 22.6 Å². The molecule has 4 aromatic carbocycles. The lowest BCUT2D eigenvalue weighted by molar-refractivity contribution is -0.134. The first kappa shape index (κ1) is 33.5. The van der Waals surface area contributed by atoms with Crippen molar-refractivity contribution in [1.82, 2.24) is 9.80 Å². The number of amides is 3. The fourth-order valence-electron chi connectivity index (χ4n) is 5.81. The second-order valence-corrected chi connectivity index (χ2v) is 12.3. The molecule has 4 aromatic rings. The molecule has 0 saturated heterocycles. The molecule has 1 aliphatic rings. The minimum absolute atomic E-state index is 0.0186. The molecule has 0 aliphatic carbocycles. The lowest BCUT2D eigenvalue weighted by Crippen LogP contribution is -2.47. The molecular formula is C38H44N4O5. The third kappa shape index (κ3) is 8.90. The van der Waals surface area contributed by atoms with E-state index >= 15 is 0 Å². The van der Waals surface area contributed by atoms with Gasteiger partial charge in [-0.3, -0.25) is 9.69 Å². The molecule has 3 N–H and O–H groups in total. The van der Waals surface area contributed by atoms with Gasteiger partial charge in [-0.1, -0.05) is 61.5 Å². The number of hydrogen-bond acceptors (Lipinski definition) is 6. The Bertz CT molecular complexity index is 1630. The van der Waals surface area contributed by atoms with Crippen LogP contribution < -0.4 is 20.1 Å². The molecule has 246 valence electrons. The molecule has 9 heteroatoms. The van der Waals surface area contributed by atoms with Crippen LogP contribution in [0.1, 0.15) is 25.0 Å². The van der Waals surface area contributed by atoms with Gasteiger partial charge in [0.05, 0.1) is 26.2 Å². The van der Waals surface area contributed by atoms with Crippen molar-refractivity contribution in [3.05, 3.63) is 108 Å². The standard InChI is InChI=1S/C38H44N4O5/c1-26-22-42(27(2)25-43)37(44)21-31-20-33(40-38(45)39-32-14-17-34(46-4)18-15-32)16-19-35(31)47-36(26)24-41(3)23-28-10-12-30(13-11-28)29-8-6-5-7-9-29/h5-20,26-27,36,43H,21-25H2,1-4H3,(H2,39,40,45)/t26-,27-,36-/m1/s1. The number of nitrogens with zero attached hydrogens (tertiary/aromatic N) is 2. The van der Waals surface area contributed by atoms with Gasteiger partial charge in [-0.05, 0) is 73.1 Å². The Hall–Kier alpha value is -4.86. The number of urea groups is 1. The summed E-state index contributed by atoms with van der Waals surface area (Å²) in [5, 5.41) is 15.7. The molecule has 0 aromatic heterocycles. The summed E-state index contributed by atoms with van der Waals surface area (Å²) in [4.78, 5) is 30.4. The van der Waals surface area contributed by atoms with Gasteiger partial charge in [0.25, 0.3) is 0 Å². The summed E-state index contributed by atoms with van der Waals surface area (Å²) < 4.78 is 11.9. The summed E-state index contributed by atoms with van der Waals surface area (Å²) in [5.74, 6) is 1.18. The van der Waals surface area contributed by atoms with E-state index in [1.165, 1.54) is 16.7 Å². The zero-order chi connectivity index (χ0) is 33.3. The topological polar surface area (TPSA) is 103 Å². The van der Waals surface area contributed by atoms with Crippen LogP contribution in [0.4, 0.5) is 16.2 Å². The van der Waals surface area contributed by atoms with Crippen molar-refractivity contribution in [3.63, 3.8) is 0 Å². The molecule has 0 saturated carbocycles. The van der Waals surface area contributed by atoms with Crippen LogP contribution in [-0.2, 0) is 17.8 Å². The molecular weight excluding hydrogens is 592 g/mol. The lowest BCUT2D eigenvalue weighted by Gasteiger charge is -2.34. The van der Waals surface area contributed by atoms with Gasteiger partial charge in [-0.15, -0.1) is 0 Å². The molecule has 0 fully saturated rings. The molecule has 0 spiro atoms. The van der Waals surface area contributed by atoms with Gasteiger partial charge in [0.15, 0.2) is 0 Å². The number of anilines is 2. The van der Waals surface area contributed by atoms with E-state index in [-0.39, 0.29) is 37.0 Å². The highest BCUT2D eigenvalue weighted by Gasteiger charge is 2.31. The molecule has 0 bridgehead atoms. The number of aliphatic hydroxyl groups excluding tert-OH is 1. The van der Waals surface area contributed by atoms with E-state index in [1.807, 2.05) is 31.2 Å². The number of methoxy groups -OCH3 is 1. The Morgan fingerprint density at radius 1 is 0.979 bits per heavy atom. The zero-order valence-corrected chi connectivity index (χ0v) is 27.5. The summed E-state index contributed by atoms with van der Waals surface area (Å²) in [7, 11) is 3.66. The van der Waals surface area contributed by atoms with Crippen LogP contribution in [0.5, 0.6) is 11.5 Å². The summed E-state index contributed by atoms with van der Waals surface area (Å²) in [6.45, 7) is 5.61. The molecule has 3 atom stereocenters. The summed E-state index contributed by atoms with van der Waals surface area (Å²) in [6.07, 6.45) is -0.156. The molecule has 9 nitrogen and oxygen atoms in total. The predicted octanol–water partition coefficient (Wildman–Crippen LogP) is 6.29. The Morgan fingerprint density at radius 3 is 2.32 bits per heavy atom. The predicted molar refractivity (Wildman–Crippen MR) is 186 cm³/mol. The minimum Gasteiger partial charge on any atom is -0.497 e. The molecule has 47 heavy (non-hydrogen) atoms. The van der Waals surface area contributed by atoms with E-state index in [1.54, 1.807) is 48.4 Å². The van der Waals surface area contributed by atoms with Crippen LogP contribution in [0, 0.1) is 5.92 Å². The number of hydrogen-bond donors (Lipinski definition) is 3. The van der Waals surface area contributed by atoms with E-state index in [4.69, 9.17) is 9.47 Å². The molecule has 3 amide bonds. The zero-order valence-electron chi connectivity index (χ0n) is 27.5. The van der Waals surface area contributed by atoms with E-state index < -0.39 is 6.03 Å². The first-order valence-electron chi connectivity index (χ1n) is 16.0. The highest BCUT2D eigenvalue weighted by atomic mass is 16.5. The van der Waals surface area contributed by atoms with Crippen molar-refractivity contribution in [1.29, 1.82) is 0 Å². The van der Waals surface area contributed by atoms with Gasteiger partial charge >= 0.3 is 6.03 Å². The number of carbonyl (C=O) groups is 2. The molecule has 0 unspecified atom stereocenters. The highest BCUT2D eigenvalue weighted by molar-refractivity contribution is 6.00. The average Bonchev–Trinajstić information content (AvgIpc) is 3.12. The fraction of sp³-hybridized carbons (Fsp3) is 0.316. The maximum atomic E-state index is 13.6. The van der Waals surface area contributed by atoms with Gasteiger partial charge in [-0.25, -0.2) is 4.79 Å². The van der Waals surface area contributed by atoms with Crippen molar-refractivity contribution < 1.29 is 24.2 Å². The first-order valence-corrected chi connectivity index (χ1v) is 16.0. The van der Waals surface area contributed by atoms with Gasteiger partial charge in [0, 0.05) is 42.5 Å². The Labute approximate surface area is 277 Å². The number of benzene rings is 4. The average molecular weight is 637 g/mol. The smallest absolute Gasteiger partial charge is 0.323 e. The van der Waals surface area contributed by atoms with E-state index in [0.717, 1.165) is 6.54 Å². The van der Waals surface area contributed by atoms with Crippen LogP contribution in [0.3, 0.4) is 0 Å². The maximum Gasteiger partial charge on any atom is 0.323 e. The van der Waals surface area contributed by atoms with Crippen LogP contribution in [0.2, 0.25) is 0 Å². The SMILES string of the molecule is COc1ccc(NC(=O)Nc2ccc3c(c2)CC(=O)N([C@H](C)CO)C[C@@H](C)[C@@H](CN(C)Cc2ccc(-c4ccccc4)cc2)O3)cc1. The number of nitrogens with one attached hydrogen (secondary N) is 2.